The number of hydrogen-bond acceptors (Lipinski definition) is 5. The van der Waals surface area contributed by atoms with Crippen LogP contribution in [0, 0.1) is 6.92 Å². The van der Waals surface area contributed by atoms with Gasteiger partial charge in [0.15, 0.2) is 0 Å². The summed E-state index contributed by atoms with van der Waals surface area (Å²) in [4.78, 5) is 16.9. The molecular weight excluding hydrogens is 402 g/mol. The van der Waals surface area contributed by atoms with Gasteiger partial charge in [0.1, 0.15) is 6.54 Å². The first-order chi connectivity index (χ1) is 14.4. The number of rotatable bonds is 8. The molecule has 1 aromatic carbocycles. The van der Waals surface area contributed by atoms with E-state index in [4.69, 9.17) is 0 Å². The Bertz CT molecular complexity index is 964. The van der Waals surface area contributed by atoms with Crippen LogP contribution in [0.25, 0.3) is 0 Å². The van der Waals surface area contributed by atoms with Crippen LogP contribution in [-0.4, -0.2) is 83.5 Å². The van der Waals surface area contributed by atoms with Crippen LogP contribution in [0.2, 0.25) is 0 Å². The number of sulfonamides is 1. The lowest BCUT2D eigenvalue weighted by Crippen LogP contribution is -2.63. The van der Waals surface area contributed by atoms with Crippen molar-refractivity contribution in [1.82, 2.24) is 23.9 Å². The molecule has 8 nitrogen and oxygen atoms in total. The van der Waals surface area contributed by atoms with Crippen LogP contribution in [0.3, 0.4) is 0 Å². The van der Waals surface area contributed by atoms with Crippen molar-refractivity contribution in [3.8, 4) is 0 Å². The van der Waals surface area contributed by atoms with Gasteiger partial charge < -0.3 is 9.80 Å². The summed E-state index contributed by atoms with van der Waals surface area (Å²) < 4.78 is 29.9. The monoisotopic (exact) mass is 431 g/mol. The van der Waals surface area contributed by atoms with Gasteiger partial charge in [-0.1, -0.05) is 18.2 Å². The molecule has 0 saturated carbocycles. The standard InChI is InChI=1S/C21H29N5O3S/c1-18-13-22-25(14-18)17-21(27)24-15-19(16-24)26(12-11-23-9-5-6-10-23)30(28,29)20-7-3-2-4-8-20/h2-4,7-8,13-14,19H,5-6,9-12,15-17H2,1H3. The van der Waals surface area contributed by atoms with Gasteiger partial charge in [-0.05, 0) is 50.6 Å². The van der Waals surface area contributed by atoms with Crippen LogP contribution in [-0.2, 0) is 21.4 Å². The maximum Gasteiger partial charge on any atom is 0.244 e. The Labute approximate surface area is 178 Å². The molecule has 0 bridgehead atoms. The van der Waals surface area contributed by atoms with Gasteiger partial charge in [0.05, 0.1) is 17.1 Å². The van der Waals surface area contributed by atoms with Crippen molar-refractivity contribution < 1.29 is 13.2 Å². The zero-order valence-corrected chi connectivity index (χ0v) is 18.2. The molecule has 0 spiro atoms. The molecule has 9 heteroatoms. The highest BCUT2D eigenvalue weighted by molar-refractivity contribution is 7.89. The van der Waals surface area contributed by atoms with Crippen LogP contribution in [0.1, 0.15) is 18.4 Å². The van der Waals surface area contributed by atoms with Gasteiger partial charge in [0.2, 0.25) is 15.9 Å². The first-order valence-electron chi connectivity index (χ1n) is 10.5. The van der Waals surface area contributed by atoms with Crippen LogP contribution in [0.15, 0.2) is 47.6 Å². The van der Waals surface area contributed by atoms with Crippen LogP contribution in [0.4, 0.5) is 0 Å². The molecule has 4 rings (SSSR count). The minimum atomic E-state index is -3.61. The highest BCUT2D eigenvalue weighted by Gasteiger charge is 2.40. The molecule has 0 aliphatic carbocycles. The Hall–Kier alpha value is -2.23. The summed E-state index contributed by atoms with van der Waals surface area (Å²) >= 11 is 0. The lowest BCUT2D eigenvalue weighted by atomic mass is 10.1. The van der Waals surface area contributed by atoms with Crippen LogP contribution in [0.5, 0.6) is 0 Å². The van der Waals surface area contributed by atoms with E-state index in [2.05, 4.69) is 10.00 Å². The predicted octanol–water partition coefficient (Wildman–Crippen LogP) is 1.19. The predicted molar refractivity (Wildman–Crippen MR) is 113 cm³/mol. The van der Waals surface area contributed by atoms with E-state index in [9.17, 15) is 13.2 Å². The molecule has 1 aromatic heterocycles. The van der Waals surface area contributed by atoms with Crippen molar-refractivity contribution in [2.75, 3.05) is 39.3 Å². The third-order valence-corrected chi connectivity index (χ3v) is 7.83. The molecule has 0 unspecified atom stereocenters. The number of carbonyl (C=O) groups excluding carboxylic acids is 1. The second-order valence-corrected chi connectivity index (χ2v) is 10.0. The molecule has 2 aliphatic heterocycles. The Morgan fingerprint density at radius 1 is 1.17 bits per heavy atom. The topological polar surface area (TPSA) is 78.8 Å². The van der Waals surface area contributed by atoms with E-state index < -0.39 is 10.0 Å². The number of benzene rings is 1. The van der Waals surface area contributed by atoms with Gasteiger partial charge in [-0.3, -0.25) is 9.48 Å². The molecule has 1 amide bonds. The van der Waals surface area contributed by atoms with E-state index in [0.29, 0.717) is 24.5 Å². The van der Waals surface area contributed by atoms with Crippen molar-refractivity contribution in [3.05, 3.63) is 48.3 Å². The summed E-state index contributed by atoms with van der Waals surface area (Å²) in [5.41, 5.74) is 1.01. The smallest absolute Gasteiger partial charge is 0.244 e. The quantitative estimate of drug-likeness (QED) is 0.627. The lowest BCUT2D eigenvalue weighted by Gasteiger charge is -2.45. The number of amides is 1. The molecule has 3 heterocycles. The second-order valence-electron chi connectivity index (χ2n) is 8.15. The average Bonchev–Trinajstić information content (AvgIpc) is 3.35. The molecule has 30 heavy (non-hydrogen) atoms. The molecular formula is C21H29N5O3S. The van der Waals surface area contributed by atoms with Gasteiger partial charge in [-0.15, -0.1) is 0 Å². The van der Waals surface area contributed by atoms with Crippen molar-refractivity contribution >= 4 is 15.9 Å². The van der Waals surface area contributed by atoms with Gasteiger partial charge in [0.25, 0.3) is 0 Å². The number of likely N-dealkylation sites (tertiary alicyclic amines) is 2. The number of carbonyl (C=O) groups is 1. The molecule has 0 N–H and O–H groups in total. The number of aromatic nitrogens is 2. The van der Waals surface area contributed by atoms with Gasteiger partial charge in [-0.25, -0.2) is 8.42 Å². The molecule has 2 fully saturated rings. The van der Waals surface area contributed by atoms with Crippen molar-refractivity contribution in [2.45, 2.75) is 37.2 Å². The van der Waals surface area contributed by atoms with Crippen molar-refractivity contribution in [3.63, 3.8) is 0 Å². The first kappa shape index (κ1) is 21.0. The van der Waals surface area contributed by atoms with Gasteiger partial charge in [-0.2, -0.15) is 9.40 Å². The molecule has 162 valence electrons. The number of aryl methyl sites for hydroxylation is 1. The Kier molecular flexibility index (Phi) is 6.21. The minimum absolute atomic E-state index is 0.0362. The third kappa shape index (κ3) is 4.58. The first-order valence-corrected chi connectivity index (χ1v) is 11.9. The summed E-state index contributed by atoms with van der Waals surface area (Å²) in [5, 5.41) is 4.16. The largest absolute Gasteiger partial charge is 0.338 e. The fourth-order valence-corrected chi connectivity index (χ4v) is 5.73. The van der Waals surface area contributed by atoms with Gasteiger partial charge >= 0.3 is 0 Å². The number of hydrogen-bond donors (Lipinski definition) is 0. The zero-order chi connectivity index (χ0) is 21.1. The van der Waals surface area contributed by atoms with E-state index in [0.717, 1.165) is 25.2 Å². The SMILES string of the molecule is Cc1cnn(CC(=O)N2CC(N(CCN3CCCC3)S(=O)(=O)c3ccccc3)C2)c1. The zero-order valence-electron chi connectivity index (χ0n) is 17.4. The Balaban J connectivity index is 1.43. The fraction of sp³-hybridized carbons (Fsp3) is 0.524. The van der Waals surface area contributed by atoms with E-state index in [1.807, 2.05) is 19.2 Å². The Morgan fingerprint density at radius 2 is 1.87 bits per heavy atom. The summed E-state index contributed by atoms with van der Waals surface area (Å²) in [7, 11) is -3.61. The van der Waals surface area contributed by atoms with Crippen LogP contribution >= 0.6 is 0 Å². The summed E-state index contributed by atoms with van der Waals surface area (Å²) in [6.07, 6.45) is 5.89. The Morgan fingerprint density at radius 3 is 2.50 bits per heavy atom. The summed E-state index contributed by atoms with van der Waals surface area (Å²) in [5.74, 6) is -0.0362. The maximum absolute atomic E-state index is 13.3. The second kappa shape index (κ2) is 8.87. The third-order valence-electron chi connectivity index (χ3n) is 5.87. The number of nitrogens with zero attached hydrogens (tertiary/aromatic N) is 5. The lowest BCUT2D eigenvalue weighted by molar-refractivity contribution is -0.138. The maximum atomic E-state index is 13.3. The summed E-state index contributed by atoms with van der Waals surface area (Å²) in [6.45, 7) is 6.18. The molecule has 0 radical (unpaired) electrons. The molecule has 2 saturated heterocycles. The fourth-order valence-electron chi connectivity index (χ4n) is 4.11. The highest BCUT2D eigenvalue weighted by Crippen LogP contribution is 2.24. The highest BCUT2D eigenvalue weighted by atomic mass is 32.2. The van der Waals surface area contributed by atoms with Gasteiger partial charge in [0, 0.05) is 32.4 Å². The molecule has 2 aliphatic rings. The van der Waals surface area contributed by atoms with Crippen LogP contribution < -0.4 is 0 Å². The van der Waals surface area contributed by atoms with E-state index in [1.54, 1.807) is 44.3 Å². The van der Waals surface area contributed by atoms with E-state index in [1.165, 1.54) is 12.8 Å². The summed E-state index contributed by atoms with van der Waals surface area (Å²) in [6, 6.07) is 8.39. The van der Waals surface area contributed by atoms with Crippen molar-refractivity contribution in [1.29, 1.82) is 0 Å². The normalized spacial score (nSPS) is 18.1. The van der Waals surface area contributed by atoms with E-state index in [-0.39, 0.29) is 18.5 Å². The minimum Gasteiger partial charge on any atom is -0.338 e. The van der Waals surface area contributed by atoms with E-state index >= 15 is 0 Å². The van der Waals surface area contributed by atoms with Crippen molar-refractivity contribution in [2.24, 2.45) is 0 Å². The molecule has 2 aromatic rings. The average molecular weight is 432 g/mol. The molecule has 0 atom stereocenters.